The number of aromatic nitrogens is 1. The Kier molecular flexibility index (Phi) is 5.76. The molecule has 0 radical (unpaired) electrons. The number of carbonyl (C=O) groups is 2. The summed E-state index contributed by atoms with van der Waals surface area (Å²) in [6, 6.07) is 7.68. The van der Waals surface area contributed by atoms with E-state index in [1.807, 2.05) is 36.1 Å². The molecular formula is C22H27N3O2S. The largest absolute Gasteiger partial charge is 0.349 e. The summed E-state index contributed by atoms with van der Waals surface area (Å²) in [6.07, 6.45) is 6.13. The Balaban J connectivity index is 1.26. The molecular weight excluding hydrogens is 370 g/mol. The molecule has 1 N–H and O–H groups in total. The summed E-state index contributed by atoms with van der Waals surface area (Å²) in [6.45, 7) is 3.81. The van der Waals surface area contributed by atoms with Crippen molar-refractivity contribution in [1.82, 2.24) is 15.2 Å². The van der Waals surface area contributed by atoms with Gasteiger partial charge in [0.05, 0.1) is 12.2 Å². The van der Waals surface area contributed by atoms with Gasteiger partial charge in [-0.2, -0.15) is 0 Å². The Hall–Kier alpha value is -2.21. The third-order valence-corrected chi connectivity index (χ3v) is 6.91. The van der Waals surface area contributed by atoms with Gasteiger partial charge in [0.1, 0.15) is 5.01 Å². The molecule has 4 rings (SSSR count). The van der Waals surface area contributed by atoms with Crippen molar-refractivity contribution in [2.24, 2.45) is 5.92 Å². The van der Waals surface area contributed by atoms with Gasteiger partial charge in [0, 0.05) is 29.4 Å². The van der Waals surface area contributed by atoms with E-state index >= 15 is 0 Å². The Bertz CT molecular complexity index is 828. The highest BCUT2D eigenvalue weighted by Crippen LogP contribution is 2.27. The first-order valence-corrected chi connectivity index (χ1v) is 11.0. The molecule has 0 bridgehead atoms. The van der Waals surface area contributed by atoms with E-state index in [1.54, 1.807) is 11.3 Å². The maximum absolute atomic E-state index is 12.6. The number of hydrogen-bond acceptors (Lipinski definition) is 4. The minimum Gasteiger partial charge on any atom is -0.349 e. The fraction of sp³-hybridized carbons (Fsp3) is 0.500. The second kappa shape index (κ2) is 8.43. The normalized spacial score (nSPS) is 17.2. The molecule has 2 heterocycles. The van der Waals surface area contributed by atoms with Crippen LogP contribution in [-0.4, -0.2) is 34.8 Å². The van der Waals surface area contributed by atoms with Crippen LogP contribution in [0.5, 0.6) is 0 Å². The lowest BCUT2D eigenvalue weighted by Gasteiger charge is -2.31. The quantitative estimate of drug-likeness (QED) is 0.859. The lowest BCUT2D eigenvalue weighted by Crippen LogP contribution is -2.42. The SMILES string of the molecule is Cc1ccc(C(=O)N2CCC(C(=O)NCc3nc4c(s3)CCCC4)CC2)cc1. The lowest BCUT2D eigenvalue weighted by atomic mass is 9.95. The molecule has 0 saturated carbocycles. The standard InChI is InChI=1S/C22H27N3O2S/c1-15-6-8-17(9-7-15)22(27)25-12-10-16(11-13-25)21(26)23-14-20-24-18-4-2-3-5-19(18)28-20/h6-9,16H,2-5,10-14H2,1H3,(H,23,26). The molecule has 148 valence electrons. The van der Waals surface area contributed by atoms with Crippen molar-refractivity contribution < 1.29 is 9.59 Å². The first-order chi connectivity index (χ1) is 13.6. The number of hydrogen-bond donors (Lipinski definition) is 1. The van der Waals surface area contributed by atoms with Crippen LogP contribution in [0, 0.1) is 12.8 Å². The Morgan fingerprint density at radius 1 is 1.14 bits per heavy atom. The van der Waals surface area contributed by atoms with Gasteiger partial charge in [-0.05, 0) is 57.6 Å². The molecule has 1 aromatic heterocycles. The molecule has 1 aromatic carbocycles. The highest BCUT2D eigenvalue weighted by Gasteiger charge is 2.28. The van der Waals surface area contributed by atoms with Crippen molar-refractivity contribution in [1.29, 1.82) is 0 Å². The van der Waals surface area contributed by atoms with Crippen molar-refractivity contribution in [2.45, 2.75) is 52.0 Å². The van der Waals surface area contributed by atoms with Gasteiger partial charge in [-0.25, -0.2) is 4.98 Å². The molecule has 2 aliphatic rings. The summed E-state index contributed by atoms with van der Waals surface area (Å²) in [7, 11) is 0. The van der Waals surface area contributed by atoms with Crippen LogP contribution < -0.4 is 5.32 Å². The predicted molar refractivity (Wildman–Crippen MR) is 110 cm³/mol. The highest BCUT2D eigenvalue weighted by molar-refractivity contribution is 7.11. The maximum Gasteiger partial charge on any atom is 0.253 e. The molecule has 0 unspecified atom stereocenters. The number of carbonyl (C=O) groups excluding carboxylic acids is 2. The number of benzene rings is 1. The van der Waals surface area contributed by atoms with E-state index in [9.17, 15) is 9.59 Å². The summed E-state index contributed by atoms with van der Waals surface area (Å²) >= 11 is 1.75. The molecule has 1 aliphatic carbocycles. The Morgan fingerprint density at radius 3 is 2.57 bits per heavy atom. The minimum absolute atomic E-state index is 0.0170. The average molecular weight is 398 g/mol. The first kappa shape index (κ1) is 19.1. The lowest BCUT2D eigenvalue weighted by molar-refractivity contribution is -0.126. The van der Waals surface area contributed by atoms with Crippen molar-refractivity contribution in [3.8, 4) is 0 Å². The van der Waals surface area contributed by atoms with Crippen LogP contribution in [0.2, 0.25) is 0 Å². The first-order valence-electron chi connectivity index (χ1n) is 10.2. The van der Waals surface area contributed by atoms with Crippen LogP contribution in [0.4, 0.5) is 0 Å². The summed E-state index contributed by atoms with van der Waals surface area (Å²) in [5, 5.41) is 4.09. The van der Waals surface area contributed by atoms with E-state index in [4.69, 9.17) is 4.98 Å². The second-order valence-electron chi connectivity index (χ2n) is 7.83. The number of amides is 2. The van der Waals surface area contributed by atoms with E-state index < -0.39 is 0 Å². The summed E-state index contributed by atoms with van der Waals surface area (Å²) in [5.41, 5.74) is 3.11. The van der Waals surface area contributed by atoms with E-state index in [2.05, 4.69) is 5.32 Å². The maximum atomic E-state index is 12.6. The highest BCUT2D eigenvalue weighted by atomic mass is 32.1. The number of thiazole rings is 1. The van der Waals surface area contributed by atoms with Crippen molar-refractivity contribution in [2.75, 3.05) is 13.1 Å². The van der Waals surface area contributed by atoms with E-state index in [-0.39, 0.29) is 17.7 Å². The zero-order valence-electron chi connectivity index (χ0n) is 16.4. The number of aryl methyl sites for hydroxylation is 3. The molecule has 0 spiro atoms. The number of nitrogens with zero attached hydrogens (tertiary/aromatic N) is 2. The number of fused-ring (bicyclic) bond motifs is 1. The van der Waals surface area contributed by atoms with Gasteiger partial charge in [-0.3, -0.25) is 9.59 Å². The summed E-state index contributed by atoms with van der Waals surface area (Å²) in [4.78, 5) is 33.1. The number of piperidine rings is 1. The van der Waals surface area contributed by atoms with Gasteiger partial charge in [-0.15, -0.1) is 11.3 Å². The molecule has 0 atom stereocenters. The zero-order chi connectivity index (χ0) is 19.5. The molecule has 6 heteroatoms. The Morgan fingerprint density at radius 2 is 1.86 bits per heavy atom. The Labute approximate surface area is 170 Å². The van der Waals surface area contributed by atoms with Crippen molar-refractivity contribution >= 4 is 23.2 Å². The fourth-order valence-electron chi connectivity index (χ4n) is 4.01. The predicted octanol–water partition coefficient (Wildman–Crippen LogP) is 3.50. The van der Waals surface area contributed by atoms with Gasteiger partial charge in [-0.1, -0.05) is 17.7 Å². The van der Waals surface area contributed by atoms with E-state index in [1.165, 1.54) is 23.4 Å². The second-order valence-corrected chi connectivity index (χ2v) is 9.00. The fourth-order valence-corrected chi connectivity index (χ4v) is 5.11. The molecule has 28 heavy (non-hydrogen) atoms. The van der Waals surface area contributed by atoms with Crippen LogP contribution in [0.25, 0.3) is 0 Å². The van der Waals surface area contributed by atoms with Crippen LogP contribution in [0.3, 0.4) is 0 Å². The number of rotatable bonds is 4. The molecule has 1 saturated heterocycles. The van der Waals surface area contributed by atoms with Gasteiger partial charge < -0.3 is 10.2 Å². The van der Waals surface area contributed by atoms with Gasteiger partial charge in [0.2, 0.25) is 5.91 Å². The topological polar surface area (TPSA) is 62.3 Å². The minimum atomic E-state index is -0.0170. The van der Waals surface area contributed by atoms with Crippen LogP contribution in [0.15, 0.2) is 24.3 Å². The van der Waals surface area contributed by atoms with Gasteiger partial charge in [0.15, 0.2) is 0 Å². The van der Waals surface area contributed by atoms with Crippen LogP contribution in [0.1, 0.15) is 57.2 Å². The van der Waals surface area contributed by atoms with E-state index in [0.29, 0.717) is 19.6 Å². The van der Waals surface area contributed by atoms with Crippen molar-refractivity contribution in [3.05, 3.63) is 51.0 Å². The van der Waals surface area contributed by atoms with Gasteiger partial charge in [0.25, 0.3) is 5.91 Å². The third-order valence-electron chi connectivity index (χ3n) is 5.76. The van der Waals surface area contributed by atoms with E-state index in [0.717, 1.165) is 41.8 Å². The molecule has 5 nitrogen and oxygen atoms in total. The molecule has 1 fully saturated rings. The van der Waals surface area contributed by atoms with Crippen LogP contribution in [-0.2, 0) is 24.2 Å². The van der Waals surface area contributed by atoms with Crippen LogP contribution >= 0.6 is 11.3 Å². The average Bonchev–Trinajstić information content (AvgIpc) is 3.15. The zero-order valence-corrected chi connectivity index (χ0v) is 17.2. The molecule has 2 amide bonds. The summed E-state index contributed by atoms with van der Waals surface area (Å²) < 4.78 is 0. The molecule has 1 aliphatic heterocycles. The number of likely N-dealkylation sites (tertiary alicyclic amines) is 1. The molecule has 2 aromatic rings. The number of nitrogens with one attached hydrogen (secondary N) is 1. The summed E-state index contributed by atoms with van der Waals surface area (Å²) in [5.74, 6) is 0.138. The third kappa shape index (κ3) is 4.27. The monoisotopic (exact) mass is 397 g/mol. The smallest absolute Gasteiger partial charge is 0.253 e. The van der Waals surface area contributed by atoms with Gasteiger partial charge >= 0.3 is 0 Å². The van der Waals surface area contributed by atoms with Crippen molar-refractivity contribution in [3.63, 3.8) is 0 Å².